The Labute approximate surface area is 167 Å². The highest BCUT2D eigenvalue weighted by atomic mass is 35.5. The second kappa shape index (κ2) is 6.23. The van der Waals surface area contributed by atoms with E-state index in [1.807, 2.05) is 6.92 Å². The molecule has 0 spiro atoms. The number of hydrogen-bond donors (Lipinski definition) is 1. The quantitative estimate of drug-likeness (QED) is 0.736. The van der Waals surface area contributed by atoms with E-state index >= 15 is 0 Å². The molecule has 5 rings (SSSR count). The van der Waals surface area contributed by atoms with Crippen LogP contribution in [0.1, 0.15) is 54.6 Å². The number of piperidine rings is 1. The van der Waals surface area contributed by atoms with Gasteiger partial charge in [-0.2, -0.15) is 0 Å². The molecular formula is C20H20Cl2N2O3. The van der Waals surface area contributed by atoms with Gasteiger partial charge in [0.25, 0.3) is 0 Å². The first-order chi connectivity index (χ1) is 13.0. The minimum atomic E-state index is -0.514. The smallest absolute Gasteiger partial charge is 0.344 e. The van der Waals surface area contributed by atoms with Crippen LogP contribution in [0.15, 0.2) is 22.7 Å². The molecule has 2 bridgehead atoms. The molecule has 2 aliphatic carbocycles. The second-order valence-corrected chi connectivity index (χ2v) is 8.92. The molecule has 27 heavy (non-hydrogen) atoms. The number of hydrogen-bond acceptors (Lipinski definition) is 5. The lowest BCUT2D eigenvalue weighted by Gasteiger charge is -2.34. The summed E-state index contributed by atoms with van der Waals surface area (Å²) < 4.78 is 11.6. The van der Waals surface area contributed by atoms with Gasteiger partial charge in [-0.3, -0.25) is 0 Å². The highest BCUT2D eigenvalue weighted by molar-refractivity contribution is 6.39. The third-order valence-corrected chi connectivity index (χ3v) is 6.68. The van der Waals surface area contributed by atoms with Crippen molar-refractivity contribution in [2.75, 3.05) is 6.54 Å². The molecule has 1 aliphatic heterocycles. The van der Waals surface area contributed by atoms with E-state index in [9.17, 15) is 4.79 Å². The van der Waals surface area contributed by atoms with Crippen LogP contribution in [0.5, 0.6) is 0 Å². The number of fused-ring (bicyclic) bond motifs is 2. The van der Waals surface area contributed by atoms with Gasteiger partial charge in [0.2, 0.25) is 0 Å². The number of rotatable bonds is 4. The van der Waals surface area contributed by atoms with E-state index in [0.717, 1.165) is 32.2 Å². The van der Waals surface area contributed by atoms with Gasteiger partial charge < -0.3 is 14.6 Å². The highest BCUT2D eigenvalue weighted by Gasteiger charge is 2.51. The first kappa shape index (κ1) is 17.5. The Kier molecular flexibility index (Phi) is 4.04. The minimum Gasteiger partial charge on any atom is -0.454 e. The first-order valence-corrected chi connectivity index (χ1v) is 10.1. The average Bonchev–Trinajstić information content (AvgIpc) is 3.07. The van der Waals surface area contributed by atoms with E-state index < -0.39 is 11.6 Å². The van der Waals surface area contributed by atoms with Gasteiger partial charge >= 0.3 is 5.97 Å². The summed E-state index contributed by atoms with van der Waals surface area (Å²) >= 11 is 12.7. The number of aromatic nitrogens is 1. The minimum absolute atomic E-state index is 0.197. The standard InChI is InChI=1S/C20H20Cl2N2O3/c1-20(8-10-7-14(20)23-9-10)26-19(25)16-17(24-27-18(16)11-5-6-11)15-12(21)3-2-4-13(15)22/h2-4,10-11,14,23H,5-9H2,1H3/t10-,14+,20-/m0/s1. The van der Waals surface area contributed by atoms with Crippen LogP contribution < -0.4 is 5.32 Å². The van der Waals surface area contributed by atoms with Gasteiger partial charge in [-0.1, -0.05) is 34.4 Å². The summed E-state index contributed by atoms with van der Waals surface area (Å²) in [5.74, 6) is 0.961. The van der Waals surface area contributed by atoms with E-state index in [0.29, 0.717) is 38.5 Å². The molecule has 3 atom stereocenters. The van der Waals surface area contributed by atoms with Crippen LogP contribution in [-0.4, -0.2) is 29.3 Å². The van der Waals surface area contributed by atoms with Gasteiger partial charge in [0.05, 0.1) is 10.0 Å². The lowest BCUT2D eigenvalue weighted by atomic mass is 9.96. The zero-order chi connectivity index (χ0) is 18.8. The Morgan fingerprint density at radius 3 is 2.67 bits per heavy atom. The van der Waals surface area contributed by atoms with Gasteiger partial charge in [-0.15, -0.1) is 0 Å². The maximum absolute atomic E-state index is 13.3. The second-order valence-electron chi connectivity index (χ2n) is 8.11. The Hall–Kier alpha value is -1.56. The predicted molar refractivity (Wildman–Crippen MR) is 102 cm³/mol. The Morgan fingerprint density at radius 2 is 2.07 bits per heavy atom. The SMILES string of the molecule is C[C@]1(OC(=O)c2c(-c3c(Cl)cccc3Cl)noc2C2CC2)C[C@H]2CN[C@@H]1C2. The molecule has 0 radical (unpaired) electrons. The van der Waals surface area contributed by atoms with Gasteiger partial charge in [-0.05, 0) is 57.2 Å². The molecule has 7 heteroatoms. The van der Waals surface area contributed by atoms with Crippen LogP contribution in [0, 0.1) is 5.92 Å². The Bertz CT molecular complexity index is 904. The number of benzene rings is 1. The van der Waals surface area contributed by atoms with Crippen LogP contribution in [0.25, 0.3) is 11.3 Å². The Balaban J connectivity index is 1.55. The van der Waals surface area contributed by atoms with Crippen molar-refractivity contribution in [2.45, 2.75) is 50.2 Å². The molecule has 2 aromatic rings. The van der Waals surface area contributed by atoms with E-state index in [2.05, 4.69) is 10.5 Å². The molecule has 3 aliphatic rings. The summed E-state index contributed by atoms with van der Waals surface area (Å²) in [5, 5.41) is 8.49. The maximum Gasteiger partial charge on any atom is 0.344 e. The van der Waals surface area contributed by atoms with Gasteiger partial charge in [0.15, 0.2) is 5.76 Å². The van der Waals surface area contributed by atoms with Crippen molar-refractivity contribution in [3.63, 3.8) is 0 Å². The van der Waals surface area contributed by atoms with Crippen LogP contribution in [0.4, 0.5) is 0 Å². The number of ether oxygens (including phenoxy) is 1. The van der Waals surface area contributed by atoms with Crippen molar-refractivity contribution < 1.29 is 14.1 Å². The highest BCUT2D eigenvalue weighted by Crippen LogP contribution is 2.47. The van der Waals surface area contributed by atoms with Crippen molar-refractivity contribution in [3.8, 4) is 11.3 Å². The largest absolute Gasteiger partial charge is 0.454 e. The third-order valence-electron chi connectivity index (χ3n) is 6.05. The van der Waals surface area contributed by atoms with Crippen molar-refractivity contribution in [2.24, 2.45) is 5.92 Å². The maximum atomic E-state index is 13.3. The topological polar surface area (TPSA) is 64.4 Å². The molecule has 142 valence electrons. The summed E-state index contributed by atoms with van der Waals surface area (Å²) in [4.78, 5) is 13.3. The van der Waals surface area contributed by atoms with Crippen LogP contribution >= 0.6 is 23.2 Å². The number of halogens is 2. The van der Waals surface area contributed by atoms with Gasteiger partial charge in [0, 0.05) is 17.5 Å². The van der Waals surface area contributed by atoms with Crippen molar-refractivity contribution in [3.05, 3.63) is 39.6 Å². The molecule has 2 heterocycles. The van der Waals surface area contributed by atoms with Crippen molar-refractivity contribution in [1.29, 1.82) is 0 Å². The van der Waals surface area contributed by atoms with Gasteiger partial charge in [-0.25, -0.2) is 4.79 Å². The third kappa shape index (κ3) is 2.87. The zero-order valence-electron chi connectivity index (χ0n) is 14.9. The van der Waals surface area contributed by atoms with E-state index in [1.165, 1.54) is 0 Å². The number of carbonyl (C=O) groups is 1. The normalized spacial score (nSPS) is 29.3. The van der Waals surface area contributed by atoms with Crippen LogP contribution in [-0.2, 0) is 4.74 Å². The molecule has 2 saturated carbocycles. The van der Waals surface area contributed by atoms with Crippen molar-refractivity contribution >= 4 is 29.2 Å². The number of carbonyl (C=O) groups excluding carboxylic acids is 1. The summed E-state index contributed by atoms with van der Waals surface area (Å²) in [7, 11) is 0. The fourth-order valence-electron chi connectivity index (χ4n) is 4.54. The summed E-state index contributed by atoms with van der Waals surface area (Å²) in [6.45, 7) is 3.01. The summed E-state index contributed by atoms with van der Waals surface area (Å²) in [6.07, 6.45) is 3.89. The van der Waals surface area contributed by atoms with E-state index in [-0.39, 0.29) is 12.0 Å². The molecule has 1 aromatic carbocycles. The monoisotopic (exact) mass is 406 g/mol. The lowest BCUT2D eigenvalue weighted by Crippen LogP contribution is -2.49. The Morgan fingerprint density at radius 1 is 1.33 bits per heavy atom. The molecule has 1 N–H and O–H groups in total. The number of nitrogens with one attached hydrogen (secondary N) is 1. The summed E-state index contributed by atoms with van der Waals surface area (Å²) in [6, 6.07) is 5.41. The summed E-state index contributed by atoms with van der Waals surface area (Å²) in [5.41, 5.74) is 0.744. The predicted octanol–water partition coefficient (Wildman–Crippen LogP) is 4.82. The van der Waals surface area contributed by atoms with Crippen LogP contribution in [0.2, 0.25) is 10.0 Å². The number of nitrogens with zero attached hydrogens (tertiary/aromatic N) is 1. The van der Waals surface area contributed by atoms with Crippen molar-refractivity contribution in [1.82, 2.24) is 10.5 Å². The average molecular weight is 407 g/mol. The number of esters is 1. The molecule has 1 aromatic heterocycles. The zero-order valence-corrected chi connectivity index (χ0v) is 16.4. The molecule has 1 saturated heterocycles. The van der Waals surface area contributed by atoms with E-state index in [1.54, 1.807) is 18.2 Å². The fraction of sp³-hybridized carbons (Fsp3) is 0.500. The molecule has 0 unspecified atom stereocenters. The fourth-order valence-corrected chi connectivity index (χ4v) is 5.12. The molecule has 5 nitrogen and oxygen atoms in total. The molecular weight excluding hydrogens is 387 g/mol. The van der Waals surface area contributed by atoms with E-state index in [4.69, 9.17) is 32.5 Å². The lowest BCUT2D eigenvalue weighted by molar-refractivity contribution is -0.0252. The molecule has 3 fully saturated rings. The first-order valence-electron chi connectivity index (χ1n) is 9.37. The van der Waals surface area contributed by atoms with Gasteiger partial charge in [0.1, 0.15) is 16.9 Å². The van der Waals surface area contributed by atoms with Crippen LogP contribution in [0.3, 0.4) is 0 Å². The molecule has 0 amide bonds.